The SMILES string of the molecule is C[N+](C)(C)C[C@H](O)CC(=O)[O-].O=C([O-])CCCC[C@@H]1CCSS1.O=C([O-])CCCC[C@@H]1CCSS1.[Mg+2]. The average molecular weight is 596 g/mol. The van der Waals surface area contributed by atoms with Gasteiger partial charge in [-0.05, 0) is 51.4 Å². The largest absolute Gasteiger partial charge is 2.00 e. The summed E-state index contributed by atoms with van der Waals surface area (Å²) in [6.45, 7) is 0.425. The minimum absolute atomic E-state index is 0. The van der Waals surface area contributed by atoms with Gasteiger partial charge in [-0.2, -0.15) is 0 Å². The van der Waals surface area contributed by atoms with E-state index in [0.717, 1.165) is 36.2 Å². The minimum Gasteiger partial charge on any atom is -0.550 e. The van der Waals surface area contributed by atoms with E-state index in [1.807, 2.05) is 64.3 Å². The van der Waals surface area contributed by atoms with Gasteiger partial charge in [0.1, 0.15) is 12.6 Å². The van der Waals surface area contributed by atoms with Crippen molar-refractivity contribution in [3.05, 3.63) is 0 Å². The molecule has 3 atom stereocenters. The first-order chi connectivity index (χ1) is 16.4. The molecule has 2 saturated heterocycles. The summed E-state index contributed by atoms with van der Waals surface area (Å²) in [7, 11) is 13.4. The molecule has 0 spiro atoms. The van der Waals surface area contributed by atoms with Crippen molar-refractivity contribution >= 4 is 84.1 Å². The predicted molar refractivity (Wildman–Crippen MR) is 148 cm³/mol. The van der Waals surface area contributed by atoms with Crippen LogP contribution in [0.2, 0.25) is 0 Å². The van der Waals surface area contributed by atoms with E-state index in [2.05, 4.69) is 0 Å². The molecule has 1 N–H and O–H groups in total. The molecule has 2 fully saturated rings. The molecule has 36 heavy (non-hydrogen) atoms. The van der Waals surface area contributed by atoms with Gasteiger partial charge in [0.05, 0.1) is 21.1 Å². The summed E-state index contributed by atoms with van der Waals surface area (Å²) in [5.74, 6) is -0.510. The van der Waals surface area contributed by atoms with Gasteiger partial charge in [0.15, 0.2) is 0 Å². The van der Waals surface area contributed by atoms with Crippen LogP contribution < -0.4 is 15.3 Å². The van der Waals surface area contributed by atoms with Crippen molar-refractivity contribution in [2.45, 2.75) is 87.2 Å². The number of carbonyl (C=O) groups is 3. The Hall–Kier alpha value is 0.496. The van der Waals surface area contributed by atoms with Gasteiger partial charge in [-0.15, -0.1) is 0 Å². The van der Waals surface area contributed by atoms with E-state index in [0.29, 0.717) is 11.0 Å². The quantitative estimate of drug-likeness (QED) is 0.131. The van der Waals surface area contributed by atoms with Gasteiger partial charge in [-0.3, -0.25) is 0 Å². The van der Waals surface area contributed by atoms with Crippen molar-refractivity contribution < 1.29 is 39.3 Å². The molecule has 2 heterocycles. The second-order valence-electron chi connectivity index (χ2n) is 9.60. The molecular formula is C23H41MgNO7S4. The monoisotopic (exact) mass is 595 g/mol. The topological polar surface area (TPSA) is 141 Å². The van der Waals surface area contributed by atoms with Crippen LogP contribution in [0, 0.1) is 0 Å². The second kappa shape index (κ2) is 23.4. The minimum atomic E-state index is -1.20. The number of unbranched alkanes of at least 4 members (excludes halogenated alkanes) is 2. The number of hydrogen-bond acceptors (Lipinski definition) is 11. The van der Waals surface area contributed by atoms with Crippen molar-refractivity contribution in [1.82, 2.24) is 0 Å². The van der Waals surface area contributed by atoms with Crippen molar-refractivity contribution in [3.63, 3.8) is 0 Å². The van der Waals surface area contributed by atoms with Gasteiger partial charge >= 0.3 is 23.1 Å². The van der Waals surface area contributed by atoms with E-state index in [-0.39, 0.29) is 42.3 Å². The third-order valence-corrected chi connectivity index (χ3v) is 10.9. The first-order valence-corrected chi connectivity index (χ1v) is 16.8. The molecule has 0 amide bonds. The molecule has 2 aliphatic heterocycles. The summed E-state index contributed by atoms with van der Waals surface area (Å²) in [5.41, 5.74) is 0. The number of aliphatic hydroxyl groups is 1. The molecule has 0 bridgehead atoms. The number of quaternary nitrogens is 1. The number of likely N-dealkylation sites (N-methyl/N-ethyl adjacent to an activating group) is 1. The number of aliphatic hydroxyl groups excluding tert-OH is 1. The maximum absolute atomic E-state index is 10.1. The van der Waals surface area contributed by atoms with Crippen LogP contribution in [-0.2, 0) is 14.4 Å². The average Bonchev–Trinajstić information content (AvgIpc) is 3.41. The fourth-order valence-corrected chi connectivity index (χ4v) is 9.36. The summed E-state index contributed by atoms with van der Waals surface area (Å²) in [6.07, 6.45) is 7.92. The maximum atomic E-state index is 10.1. The standard InChI is InChI=1S/2C8H14O2S2.C7H15NO3.Mg/c2*9-8(10)4-2-1-3-7-5-6-11-12-7;1-8(2,3)5-6(9)4-7(10)11;/h2*7H,1-6H2,(H,9,10);6,9H,4-5H2,1-3H3;/q;;;+2/p-2/t2*7-;6-;/m111./s1. The zero-order chi connectivity index (χ0) is 26.7. The summed E-state index contributed by atoms with van der Waals surface area (Å²) < 4.78 is 0.550. The third kappa shape index (κ3) is 27.5. The number of carbonyl (C=O) groups excluding carboxylic acids is 3. The van der Waals surface area contributed by atoms with Crippen LogP contribution >= 0.6 is 43.2 Å². The Morgan fingerprint density at radius 2 is 1.22 bits per heavy atom. The fraction of sp³-hybridized carbons (Fsp3) is 0.870. The number of hydrogen-bond donors (Lipinski definition) is 1. The summed E-state index contributed by atoms with van der Waals surface area (Å²) >= 11 is 0. The first-order valence-electron chi connectivity index (χ1n) is 12.0. The Morgan fingerprint density at radius 1 is 0.806 bits per heavy atom. The Bertz CT molecular complexity index is 566. The van der Waals surface area contributed by atoms with E-state index in [9.17, 15) is 29.7 Å². The van der Waals surface area contributed by atoms with Crippen molar-refractivity contribution in [2.24, 2.45) is 0 Å². The Morgan fingerprint density at radius 3 is 1.50 bits per heavy atom. The molecule has 2 rings (SSSR count). The molecule has 0 aromatic heterocycles. The van der Waals surface area contributed by atoms with E-state index in [1.54, 1.807) is 0 Å². The van der Waals surface area contributed by atoms with Crippen LogP contribution in [0.1, 0.15) is 70.6 Å². The number of carboxylic acid groups (broad SMARTS) is 3. The first kappa shape index (κ1) is 38.6. The second-order valence-corrected chi connectivity index (χ2v) is 15.2. The molecule has 0 saturated carbocycles. The van der Waals surface area contributed by atoms with Crippen LogP contribution in [0.15, 0.2) is 0 Å². The zero-order valence-electron chi connectivity index (χ0n) is 21.8. The zero-order valence-corrected chi connectivity index (χ0v) is 26.5. The van der Waals surface area contributed by atoms with Gasteiger partial charge in [-0.25, -0.2) is 0 Å². The number of nitrogens with zero attached hydrogens (tertiary/aromatic N) is 1. The van der Waals surface area contributed by atoms with Gasteiger partial charge < -0.3 is 39.3 Å². The van der Waals surface area contributed by atoms with Crippen LogP contribution in [0.4, 0.5) is 0 Å². The maximum Gasteiger partial charge on any atom is 2.00 e. The molecule has 206 valence electrons. The van der Waals surface area contributed by atoms with Crippen molar-refractivity contribution in [3.8, 4) is 0 Å². The smallest absolute Gasteiger partial charge is 0.550 e. The molecule has 0 aliphatic carbocycles. The molecule has 0 aromatic carbocycles. The molecule has 2 aliphatic rings. The van der Waals surface area contributed by atoms with Crippen LogP contribution in [0.5, 0.6) is 0 Å². The summed E-state index contributed by atoms with van der Waals surface area (Å²) in [6, 6.07) is 0. The van der Waals surface area contributed by atoms with Gasteiger partial charge in [-0.1, -0.05) is 56.0 Å². The summed E-state index contributed by atoms with van der Waals surface area (Å²) in [4.78, 5) is 30.2. The Labute approximate surface area is 248 Å². The van der Waals surface area contributed by atoms with Crippen LogP contribution in [0.3, 0.4) is 0 Å². The molecule has 0 unspecified atom stereocenters. The van der Waals surface area contributed by atoms with E-state index < -0.39 is 24.0 Å². The molecule has 0 aromatic rings. The van der Waals surface area contributed by atoms with Gasteiger partial charge in [0, 0.05) is 46.3 Å². The molecule has 8 nitrogen and oxygen atoms in total. The Kier molecular flexibility index (Phi) is 25.1. The van der Waals surface area contributed by atoms with Crippen LogP contribution in [0.25, 0.3) is 0 Å². The van der Waals surface area contributed by atoms with Gasteiger partial charge in [0.2, 0.25) is 0 Å². The predicted octanol–water partition coefficient (Wildman–Crippen LogP) is 0.714. The molecular weight excluding hydrogens is 555 g/mol. The fourth-order valence-electron chi connectivity index (χ4n) is 3.30. The number of aliphatic carboxylic acids is 3. The third-order valence-electron chi connectivity index (χ3n) is 4.93. The van der Waals surface area contributed by atoms with Gasteiger partial charge in [0.25, 0.3) is 0 Å². The summed E-state index contributed by atoms with van der Waals surface area (Å²) in [5, 5.41) is 40.8. The van der Waals surface area contributed by atoms with E-state index in [1.165, 1.54) is 37.2 Å². The van der Waals surface area contributed by atoms with Crippen molar-refractivity contribution in [1.29, 1.82) is 0 Å². The Balaban J connectivity index is 0. The van der Waals surface area contributed by atoms with Crippen LogP contribution in [-0.4, -0.2) is 106 Å². The normalized spacial score (nSPS) is 19.7. The number of rotatable bonds is 14. The molecule has 0 radical (unpaired) electrons. The van der Waals surface area contributed by atoms with E-state index in [4.69, 9.17) is 5.11 Å². The number of carboxylic acids is 3. The van der Waals surface area contributed by atoms with Crippen molar-refractivity contribution in [2.75, 3.05) is 39.2 Å². The molecule has 13 heteroatoms. The van der Waals surface area contributed by atoms with E-state index >= 15 is 0 Å².